The van der Waals surface area contributed by atoms with Gasteiger partial charge in [-0.05, 0) is 58.4 Å². The summed E-state index contributed by atoms with van der Waals surface area (Å²) in [6, 6.07) is 6.73. The minimum Gasteiger partial charge on any atom is -0.354 e. The van der Waals surface area contributed by atoms with Crippen molar-refractivity contribution in [1.29, 1.82) is 0 Å². The van der Waals surface area contributed by atoms with Gasteiger partial charge in [-0.15, -0.1) is 0 Å². The predicted molar refractivity (Wildman–Crippen MR) is 130 cm³/mol. The molecule has 1 aliphatic heterocycles. The molecule has 1 aromatic carbocycles. The molecule has 33 heavy (non-hydrogen) atoms. The highest BCUT2D eigenvalue weighted by Gasteiger charge is 2.32. The number of aryl methyl sites for hydroxylation is 1. The maximum absolute atomic E-state index is 14.1. The molecule has 2 aliphatic rings. The molecule has 0 unspecified atom stereocenters. The van der Waals surface area contributed by atoms with Crippen molar-refractivity contribution in [2.24, 2.45) is 5.92 Å². The number of carbonyl (C=O) groups is 1. The van der Waals surface area contributed by atoms with E-state index in [0.29, 0.717) is 6.54 Å². The van der Waals surface area contributed by atoms with Gasteiger partial charge in [0.05, 0.1) is 17.9 Å². The SMILES string of the molecule is CCN1CCN(c2c(CN(C(=O)C3CCCC3)C(C)C)c(C)nn2-c2cccc(F)c2)CC1. The van der Waals surface area contributed by atoms with E-state index >= 15 is 0 Å². The Hall–Kier alpha value is -2.41. The summed E-state index contributed by atoms with van der Waals surface area (Å²) < 4.78 is 16.0. The topological polar surface area (TPSA) is 44.6 Å². The zero-order valence-electron chi connectivity index (χ0n) is 20.6. The zero-order valence-corrected chi connectivity index (χ0v) is 20.6. The molecule has 0 bridgehead atoms. The average Bonchev–Trinajstić information content (AvgIpc) is 3.45. The smallest absolute Gasteiger partial charge is 0.226 e. The number of anilines is 1. The van der Waals surface area contributed by atoms with Crippen LogP contribution in [0.5, 0.6) is 0 Å². The number of benzene rings is 1. The summed E-state index contributed by atoms with van der Waals surface area (Å²) in [5.41, 5.74) is 2.69. The van der Waals surface area contributed by atoms with Gasteiger partial charge in [-0.3, -0.25) is 4.79 Å². The Morgan fingerprint density at radius 1 is 1.18 bits per heavy atom. The summed E-state index contributed by atoms with van der Waals surface area (Å²) in [7, 11) is 0. The molecule has 2 aromatic rings. The van der Waals surface area contributed by atoms with Gasteiger partial charge in [0.2, 0.25) is 5.91 Å². The van der Waals surface area contributed by atoms with Crippen molar-refractivity contribution >= 4 is 11.7 Å². The standard InChI is InChI=1S/C26H38FN5O/c1-5-29-13-15-30(16-14-29)25-24(18-31(19(2)3)26(33)21-9-6-7-10-21)20(4)28-32(25)23-12-8-11-22(27)17-23/h8,11-12,17,19,21H,5-7,9-10,13-16,18H2,1-4H3. The van der Waals surface area contributed by atoms with Crippen molar-refractivity contribution < 1.29 is 9.18 Å². The third-order valence-corrected chi connectivity index (χ3v) is 7.27. The van der Waals surface area contributed by atoms with Crippen LogP contribution < -0.4 is 4.90 Å². The Bertz CT molecular complexity index is 958. The molecule has 180 valence electrons. The van der Waals surface area contributed by atoms with Crippen LogP contribution in [0.25, 0.3) is 5.69 Å². The van der Waals surface area contributed by atoms with Crippen LogP contribution in [-0.2, 0) is 11.3 Å². The second-order valence-electron chi connectivity index (χ2n) is 9.74. The van der Waals surface area contributed by atoms with E-state index in [4.69, 9.17) is 5.10 Å². The van der Waals surface area contributed by atoms with E-state index in [1.807, 2.05) is 22.6 Å². The quantitative estimate of drug-likeness (QED) is 0.621. The van der Waals surface area contributed by atoms with Gasteiger partial charge in [0.15, 0.2) is 0 Å². The van der Waals surface area contributed by atoms with Gasteiger partial charge in [0.1, 0.15) is 11.6 Å². The highest BCUT2D eigenvalue weighted by atomic mass is 19.1. The van der Waals surface area contributed by atoms with E-state index < -0.39 is 0 Å². The fraction of sp³-hybridized carbons (Fsp3) is 0.615. The number of hydrogen-bond donors (Lipinski definition) is 0. The molecule has 7 heteroatoms. The molecule has 1 saturated carbocycles. The number of piperazine rings is 1. The van der Waals surface area contributed by atoms with E-state index in [-0.39, 0.29) is 23.7 Å². The first-order chi connectivity index (χ1) is 15.9. The Balaban J connectivity index is 1.72. The monoisotopic (exact) mass is 455 g/mol. The van der Waals surface area contributed by atoms with Crippen molar-refractivity contribution in [2.75, 3.05) is 37.6 Å². The number of nitrogens with zero attached hydrogens (tertiary/aromatic N) is 5. The van der Waals surface area contributed by atoms with Crippen LogP contribution in [-0.4, -0.2) is 64.3 Å². The minimum absolute atomic E-state index is 0.111. The molecule has 1 aliphatic carbocycles. The molecule has 4 rings (SSSR count). The van der Waals surface area contributed by atoms with Crippen LogP contribution in [0.4, 0.5) is 10.2 Å². The van der Waals surface area contributed by atoms with Gasteiger partial charge in [0, 0.05) is 43.7 Å². The van der Waals surface area contributed by atoms with Crippen LogP contribution >= 0.6 is 0 Å². The molecule has 1 amide bonds. The third kappa shape index (κ3) is 5.08. The second kappa shape index (κ2) is 10.2. The number of carbonyl (C=O) groups excluding carboxylic acids is 1. The number of aromatic nitrogens is 2. The predicted octanol–water partition coefficient (Wildman–Crippen LogP) is 4.39. The Labute approximate surface area is 197 Å². The van der Waals surface area contributed by atoms with Crippen LogP contribution in [0.2, 0.25) is 0 Å². The fourth-order valence-corrected chi connectivity index (χ4v) is 5.21. The fourth-order valence-electron chi connectivity index (χ4n) is 5.21. The summed E-state index contributed by atoms with van der Waals surface area (Å²) in [4.78, 5) is 20.3. The van der Waals surface area contributed by atoms with E-state index in [9.17, 15) is 9.18 Å². The van der Waals surface area contributed by atoms with Gasteiger partial charge in [-0.2, -0.15) is 5.10 Å². The van der Waals surface area contributed by atoms with E-state index in [0.717, 1.165) is 81.2 Å². The molecule has 1 saturated heterocycles. The van der Waals surface area contributed by atoms with Gasteiger partial charge >= 0.3 is 0 Å². The molecule has 0 spiro atoms. The maximum Gasteiger partial charge on any atom is 0.226 e. The number of amides is 1. The minimum atomic E-state index is -0.274. The molecule has 0 atom stereocenters. The Morgan fingerprint density at radius 2 is 1.88 bits per heavy atom. The molecule has 1 aromatic heterocycles. The van der Waals surface area contributed by atoms with E-state index in [2.05, 4.69) is 30.6 Å². The zero-order chi connectivity index (χ0) is 23.5. The lowest BCUT2D eigenvalue weighted by Crippen LogP contribution is -2.47. The molecular weight excluding hydrogens is 417 g/mol. The average molecular weight is 456 g/mol. The van der Waals surface area contributed by atoms with Gasteiger partial charge < -0.3 is 14.7 Å². The molecule has 2 heterocycles. The summed E-state index contributed by atoms with van der Waals surface area (Å²) in [5.74, 6) is 1.13. The van der Waals surface area contributed by atoms with Crippen molar-refractivity contribution in [3.63, 3.8) is 0 Å². The lowest BCUT2D eigenvalue weighted by Gasteiger charge is -2.37. The normalized spacial score (nSPS) is 17.8. The van der Waals surface area contributed by atoms with Crippen LogP contribution in [0, 0.1) is 18.7 Å². The van der Waals surface area contributed by atoms with Crippen LogP contribution in [0.3, 0.4) is 0 Å². The van der Waals surface area contributed by atoms with Crippen LogP contribution in [0.1, 0.15) is 57.7 Å². The van der Waals surface area contributed by atoms with Crippen molar-refractivity contribution in [3.05, 3.63) is 41.3 Å². The Morgan fingerprint density at radius 3 is 2.48 bits per heavy atom. The van der Waals surface area contributed by atoms with Gasteiger partial charge in [-0.1, -0.05) is 25.8 Å². The van der Waals surface area contributed by atoms with E-state index in [1.165, 1.54) is 12.1 Å². The lowest BCUT2D eigenvalue weighted by molar-refractivity contribution is -0.137. The third-order valence-electron chi connectivity index (χ3n) is 7.27. The number of likely N-dealkylation sites (N-methyl/N-ethyl adjacent to an activating group) is 1. The first-order valence-electron chi connectivity index (χ1n) is 12.5. The molecule has 2 fully saturated rings. The summed E-state index contributed by atoms with van der Waals surface area (Å²) in [6.45, 7) is 13.7. The number of rotatable bonds is 7. The second-order valence-corrected chi connectivity index (χ2v) is 9.74. The molecule has 0 N–H and O–H groups in total. The highest BCUT2D eigenvalue weighted by molar-refractivity contribution is 5.79. The molecule has 0 radical (unpaired) electrons. The highest BCUT2D eigenvalue weighted by Crippen LogP contribution is 2.32. The van der Waals surface area contributed by atoms with Gasteiger partial charge in [-0.25, -0.2) is 9.07 Å². The first kappa shape index (κ1) is 23.7. The van der Waals surface area contributed by atoms with Gasteiger partial charge in [0.25, 0.3) is 0 Å². The van der Waals surface area contributed by atoms with Crippen LogP contribution in [0.15, 0.2) is 24.3 Å². The first-order valence-corrected chi connectivity index (χ1v) is 12.5. The molecular formula is C26H38FN5O. The molecule has 6 nitrogen and oxygen atoms in total. The maximum atomic E-state index is 14.1. The summed E-state index contributed by atoms with van der Waals surface area (Å²) in [6.07, 6.45) is 4.28. The lowest BCUT2D eigenvalue weighted by atomic mass is 10.0. The van der Waals surface area contributed by atoms with Crippen molar-refractivity contribution in [1.82, 2.24) is 19.6 Å². The number of hydrogen-bond acceptors (Lipinski definition) is 4. The van der Waals surface area contributed by atoms with E-state index in [1.54, 1.807) is 6.07 Å². The van der Waals surface area contributed by atoms with Crippen molar-refractivity contribution in [2.45, 2.75) is 66.0 Å². The summed E-state index contributed by atoms with van der Waals surface area (Å²) >= 11 is 0. The summed E-state index contributed by atoms with van der Waals surface area (Å²) in [5, 5.41) is 4.86. The Kier molecular flexibility index (Phi) is 7.37. The van der Waals surface area contributed by atoms with Crippen molar-refractivity contribution in [3.8, 4) is 5.69 Å². The largest absolute Gasteiger partial charge is 0.354 e. The number of halogens is 1.